The molecule has 0 aliphatic carbocycles. The van der Waals surface area contributed by atoms with Gasteiger partial charge in [0, 0.05) is 13.1 Å². The summed E-state index contributed by atoms with van der Waals surface area (Å²) in [7, 11) is -2.02. The standard InChI is InChI=1S/C11H21NO4S/c1-11(2,3)17(14,15)12-7-5-6-9(8-12)10(13)16-4/h9H,5-8H2,1-4H3. The topological polar surface area (TPSA) is 63.7 Å². The molecule has 0 saturated carbocycles. The zero-order valence-electron chi connectivity index (χ0n) is 10.9. The minimum Gasteiger partial charge on any atom is -0.469 e. The zero-order chi connectivity index (χ0) is 13.3. The fraction of sp³-hybridized carbons (Fsp3) is 0.909. The van der Waals surface area contributed by atoms with Gasteiger partial charge in [-0.25, -0.2) is 12.7 Å². The van der Waals surface area contributed by atoms with E-state index in [0.717, 1.165) is 0 Å². The van der Waals surface area contributed by atoms with Crippen LogP contribution in [0.5, 0.6) is 0 Å². The van der Waals surface area contributed by atoms with Crippen LogP contribution < -0.4 is 0 Å². The first kappa shape index (κ1) is 14.4. The van der Waals surface area contributed by atoms with Gasteiger partial charge in [0.05, 0.1) is 17.8 Å². The van der Waals surface area contributed by atoms with E-state index in [1.807, 2.05) is 0 Å². The van der Waals surface area contributed by atoms with Crippen LogP contribution in [0.1, 0.15) is 33.6 Å². The highest BCUT2D eigenvalue weighted by Gasteiger charge is 2.39. The maximum absolute atomic E-state index is 12.2. The Morgan fingerprint density at radius 2 is 1.94 bits per heavy atom. The van der Waals surface area contributed by atoms with Crippen LogP contribution in [0.2, 0.25) is 0 Å². The largest absolute Gasteiger partial charge is 0.469 e. The lowest BCUT2D eigenvalue weighted by molar-refractivity contribution is -0.146. The molecule has 100 valence electrons. The Kier molecular flexibility index (Phi) is 4.19. The molecule has 1 fully saturated rings. The average molecular weight is 263 g/mol. The molecule has 0 aromatic rings. The van der Waals surface area contributed by atoms with Gasteiger partial charge in [0.15, 0.2) is 0 Å². The predicted molar refractivity (Wildman–Crippen MR) is 65.0 cm³/mol. The molecule has 1 unspecified atom stereocenters. The molecule has 0 radical (unpaired) electrons. The number of ether oxygens (including phenoxy) is 1. The number of rotatable bonds is 2. The summed E-state index contributed by atoms with van der Waals surface area (Å²) in [6, 6.07) is 0. The van der Waals surface area contributed by atoms with Crippen LogP contribution in [0, 0.1) is 5.92 Å². The summed E-state index contributed by atoms with van der Waals surface area (Å²) in [4.78, 5) is 11.4. The van der Waals surface area contributed by atoms with E-state index in [1.54, 1.807) is 20.8 Å². The van der Waals surface area contributed by atoms with Gasteiger partial charge in [0.2, 0.25) is 10.0 Å². The number of hydrogen-bond acceptors (Lipinski definition) is 4. The summed E-state index contributed by atoms with van der Waals surface area (Å²) in [5, 5.41) is 0. The molecule has 1 atom stereocenters. The number of piperidine rings is 1. The number of carbonyl (C=O) groups is 1. The van der Waals surface area contributed by atoms with Crippen LogP contribution >= 0.6 is 0 Å². The van der Waals surface area contributed by atoms with Gasteiger partial charge in [-0.2, -0.15) is 0 Å². The van der Waals surface area contributed by atoms with Crippen molar-refractivity contribution in [2.45, 2.75) is 38.4 Å². The van der Waals surface area contributed by atoms with Gasteiger partial charge in [-0.3, -0.25) is 4.79 Å². The summed E-state index contributed by atoms with van der Waals surface area (Å²) in [5.41, 5.74) is 0. The van der Waals surface area contributed by atoms with Crippen LogP contribution in [0.3, 0.4) is 0 Å². The van der Waals surface area contributed by atoms with E-state index >= 15 is 0 Å². The fourth-order valence-corrected chi connectivity index (χ4v) is 3.43. The van der Waals surface area contributed by atoms with Crippen molar-refractivity contribution in [3.8, 4) is 0 Å². The predicted octanol–water partition coefficient (Wildman–Crippen LogP) is 1.000. The SMILES string of the molecule is COC(=O)C1CCCN(S(=O)(=O)C(C)(C)C)C1. The van der Waals surface area contributed by atoms with Crippen molar-refractivity contribution in [1.82, 2.24) is 4.31 Å². The van der Waals surface area contributed by atoms with Crippen molar-refractivity contribution < 1.29 is 17.9 Å². The lowest BCUT2D eigenvalue weighted by atomic mass is 10.0. The summed E-state index contributed by atoms with van der Waals surface area (Å²) in [6.45, 7) is 5.75. The van der Waals surface area contributed by atoms with Crippen molar-refractivity contribution in [2.24, 2.45) is 5.92 Å². The van der Waals surface area contributed by atoms with Gasteiger partial charge in [-0.05, 0) is 33.6 Å². The molecule has 1 rings (SSSR count). The lowest BCUT2D eigenvalue weighted by Gasteiger charge is -2.35. The molecule has 0 N–H and O–H groups in total. The second-order valence-corrected chi connectivity index (χ2v) is 8.03. The number of esters is 1. The van der Waals surface area contributed by atoms with E-state index < -0.39 is 14.8 Å². The third-order valence-corrected chi connectivity index (χ3v) is 5.59. The summed E-state index contributed by atoms with van der Waals surface area (Å²) in [5.74, 6) is -0.648. The minimum atomic E-state index is -3.35. The van der Waals surface area contributed by atoms with Gasteiger partial charge >= 0.3 is 5.97 Å². The Labute approximate surface area is 103 Å². The Hall–Kier alpha value is -0.620. The summed E-state index contributed by atoms with van der Waals surface area (Å²) in [6.07, 6.45) is 1.40. The molecule has 1 aliphatic rings. The average Bonchev–Trinajstić information content (AvgIpc) is 2.26. The van der Waals surface area contributed by atoms with Crippen molar-refractivity contribution in [1.29, 1.82) is 0 Å². The molecule has 1 saturated heterocycles. The van der Waals surface area contributed by atoms with E-state index in [2.05, 4.69) is 4.74 Å². The Morgan fingerprint density at radius 1 is 1.35 bits per heavy atom. The molecular weight excluding hydrogens is 242 g/mol. The Morgan fingerprint density at radius 3 is 2.41 bits per heavy atom. The maximum atomic E-state index is 12.2. The van der Waals surface area contributed by atoms with E-state index in [9.17, 15) is 13.2 Å². The first-order chi connectivity index (χ1) is 7.70. The number of carbonyl (C=O) groups excluding carboxylic acids is 1. The maximum Gasteiger partial charge on any atom is 0.309 e. The third-order valence-electron chi connectivity index (χ3n) is 3.03. The number of hydrogen-bond donors (Lipinski definition) is 0. The first-order valence-electron chi connectivity index (χ1n) is 5.77. The second-order valence-electron chi connectivity index (χ2n) is 5.34. The Balaban J connectivity index is 2.84. The van der Waals surface area contributed by atoms with E-state index in [-0.39, 0.29) is 18.4 Å². The third kappa shape index (κ3) is 2.98. The molecule has 1 heterocycles. The van der Waals surface area contributed by atoms with Crippen molar-refractivity contribution in [2.75, 3.05) is 20.2 Å². The number of sulfonamides is 1. The van der Waals surface area contributed by atoms with Crippen LogP contribution in [-0.4, -0.2) is 43.6 Å². The molecule has 0 bridgehead atoms. The molecule has 0 aromatic heterocycles. The van der Waals surface area contributed by atoms with Crippen LogP contribution in [0.15, 0.2) is 0 Å². The van der Waals surface area contributed by atoms with Crippen molar-refractivity contribution >= 4 is 16.0 Å². The molecule has 5 nitrogen and oxygen atoms in total. The van der Waals surface area contributed by atoms with E-state index in [1.165, 1.54) is 11.4 Å². The molecule has 1 aliphatic heterocycles. The quantitative estimate of drug-likeness (QED) is 0.697. The summed E-state index contributed by atoms with van der Waals surface area (Å²) < 4.78 is 29.7. The fourth-order valence-electron chi connectivity index (χ4n) is 1.91. The number of nitrogens with zero attached hydrogens (tertiary/aromatic N) is 1. The van der Waals surface area contributed by atoms with Gasteiger partial charge < -0.3 is 4.74 Å². The highest BCUT2D eigenvalue weighted by Crippen LogP contribution is 2.26. The van der Waals surface area contributed by atoms with Crippen molar-refractivity contribution in [3.05, 3.63) is 0 Å². The van der Waals surface area contributed by atoms with E-state index in [4.69, 9.17) is 0 Å². The molecule has 6 heteroatoms. The first-order valence-corrected chi connectivity index (χ1v) is 7.21. The smallest absolute Gasteiger partial charge is 0.309 e. The normalized spacial score (nSPS) is 23.4. The van der Waals surface area contributed by atoms with Crippen LogP contribution in [0.4, 0.5) is 0 Å². The monoisotopic (exact) mass is 263 g/mol. The molecule has 17 heavy (non-hydrogen) atoms. The van der Waals surface area contributed by atoms with Gasteiger partial charge in [0.1, 0.15) is 0 Å². The number of methoxy groups -OCH3 is 1. The lowest BCUT2D eigenvalue weighted by Crippen LogP contribution is -2.48. The van der Waals surface area contributed by atoms with Gasteiger partial charge in [-0.15, -0.1) is 0 Å². The summed E-state index contributed by atoms with van der Waals surface area (Å²) >= 11 is 0. The minimum absolute atomic E-state index is 0.242. The molecule has 0 amide bonds. The highest BCUT2D eigenvalue weighted by molar-refractivity contribution is 7.90. The molecule has 0 aromatic carbocycles. The molecule has 0 spiro atoms. The van der Waals surface area contributed by atoms with Gasteiger partial charge in [-0.1, -0.05) is 0 Å². The van der Waals surface area contributed by atoms with Crippen LogP contribution in [0.25, 0.3) is 0 Å². The zero-order valence-corrected chi connectivity index (χ0v) is 11.7. The van der Waals surface area contributed by atoms with Gasteiger partial charge in [0.25, 0.3) is 0 Å². The molecular formula is C11H21NO4S. The van der Waals surface area contributed by atoms with E-state index in [0.29, 0.717) is 19.4 Å². The van der Waals surface area contributed by atoms with Crippen molar-refractivity contribution in [3.63, 3.8) is 0 Å². The highest BCUT2D eigenvalue weighted by atomic mass is 32.2. The Bertz CT molecular complexity index is 383. The second kappa shape index (κ2) is 4.94. The van der Waals surface area contributed by atoms with Crippen LogP contribution in [-0.2, 0) is 19.6 Å².